The van der Waals surface area contributed by atoms with Gasteiger partial charge in [-0.05, 0) is 114 Å². The van der Waals surface area contributed by atoms with Crippen molar-refractivity contribution < 1.29 is 0 Å². The second-order valence-electron chi connectivity index (χ2n) is 13.6. The molecule has 0 radical (unpaired) electrons. The van der Waals surface area contributed by atoms with Crippen LogP contribution in [0.5, 0.6) is 0 Å². The molecule has 0 aliphatic rings. The van der Waals surface area contributed by atoms with E-state index < -0.39 is 0 Å². The molecule has 7 aromatic carbocycles. The standard InChI is InChI=1S/C36H30.C13H14N2.C4H8.C2H6/c1-25-21-22-29(26(2)23-25)32-18-11-12-20-34(32)36(3,28-14-5-4-6-15-28)35-24-27-13-7-8-16-30(27)31-17-9-10-19-33(31)35;1-2-3-4-5-8-11-15-13-10-7-6-9-12(13)14;1-3-4-2;1-2/h4-24H,1-3H3;1,3-10,15H,11,14H2;3-4H,1-2H3;1-2H3/b;4-3-,8-5-;4-3-;. The van der Waals surface area contributed by atoms with Crippen molar-refractivity contribution in [2.45, 2.75) is 53.9 Å². The number of benzene rings is 7. The monoisotopic (exact) mass is 746 g/mol. The Morgan fingerprint density at radius 3 is 1.93 bits per heavy atom. The van der Waals surface area contributed by atoms with Crippen molar-refractivity contribution in [1.29, 1.82) is 0 Å². The van der Waals surface area contributed by atoms with E-state index in [-0.39, 0.29) is 5.41 Å². The average molecular weight is 747 g/mol. The number of fused-ring (bicyclic) bond motifs is 3. The highest BCUT2D eigenvalue weighted by Gasteiger charge is 2.35. The van der Waals surface area contributed by atoms with Crippen LogP contribution >= 0.6 is 0 Å². The molecule has 0 aliphatic heterocycles. The number of nitrogens with two attached hydrogens (primary N) is 1. The molecule has 0 saturated heterocycles. The molecule has 0 spiro atoms. The third-order valence-electron chi connectivity index (χ3n) is 9.94. The summed E-state index contributed by atoms with van der Waals surface area (Å²) in [5, 5.41) is 8.37. The zero-order valence-corrected chi connectivity index (χ0v) is 34.8. The van der Waals surface area contributed by atoms with Gasteiger partial charge in [0, 0.05) is 12.0 Å². The van der Waals surface area contributed by atoms with Crippen molar-refractivity contribution in [2.24, 2.45) is 0 Å². The van der Waals surface area contributed by atoms with Crippen LogP contribution in [0.15, 0.2) is 188 Å². The Balaban J connectivity index is 0.000000286. The van der Waals surface area contributed by atoms with Gasteiger partial charge in [0.05, 0.1) is 11.4 Å². The second-order valence-corrected chi connectivity index (χ2v) is 13.6. The minimum atomic E-state index is -0.362. The van der Waals surface area contributed by atoms with Crippen molar-refractivity contribution in [3.8, 4) is 23.5 Å². The van der Waals surface area contributed by atoms with Crippen LogP contribution in [0.4, 0.5) is 11.4 Å². The molecule has 288 valence electrons. The van der Waals surface area contributed by atoms with Gasteiger partial charge in [-0.15, -0.1) is 6.42 Å². The molecule has 7 rings (SSSR count). The summed E-state index contributed by atoms with van der Waals surface area (Å²) in [4.78, 5) is 0. The summed E-state index contributed by atoms with van der Waals surface area (Å²) < 4.78 is 0. The number of hydrogen-bond acceptors (Lipinski definition) is 2. The molecule has 2 nitrogen and oxygen atoms in total. The third-order valence-corrected chi connectivity index (χ3v) is 9.94. The summed E-state index contributed by atoms with van der Waals surface area (Å²) in [6, 6.07) is 54.5. The van der Waals surface area contributed by atoms with Crippen LogP contribution in [0.3, 0.4) is 0 Å². The first-order chi connectivity index (χ1) is 27.8. The van der Waals surface area contributed by atoms with E-state index in [2.05, 4.69) is 159 Å². The molecule has 0 aliphatic carbocycles. The lowest BCUT2D eigenvalue weighted by molar-refractivity contribution is 0.702. The molecule has 3 N–H and O–H groups in total. The van der Waals surface area contributed by atoms with Gasteiger partial charge in [0.1, 0.15) is 0 Å². The van der Waals surface area contributed by atoms with Crippen LogP contribution < -0.4 is 11.1 Å². The maximum atomic E-state index is 5.76. The van der Waals surface area contributed by atoms with Crippen LogP contribution in [0.1, 0.15) is 62.4 Å². The molecule has 0 aromatic heterocycles. The van der Waals surface area contributed by atoms with E-state index >= 15 is 0 Å². The molecular formula is C55H58N2. The van der Waals surface area contributed by atoms with E-state index in [9.17, 15) is 0 Å². The minimum Gasteiger partial charge on any atom is -0.397 e. The lowest BCUT2D eigenvalue weighted by atomic mass is 9.67. The summed E-state index contributed by atoms with van der Waals surface area (Å²) in [7, 11) is 0. The van der Waals surface area contributed by atoms with E-state index in [0.717, 1.165) is 17.9 Å². The Kier molecular flexibility index (Phi) is 16.7. The predicted molar refractivity (Wildman–Crippen MR) is 253 cm³/mol. The first kappa shape index (κ1) is 43.2. The predicted octanol–water partition coefficient (Wildman–Crippen LogP) is 14.7. The lowest BCUT2D eigenvalue weighted by Crippen LogP contribution is -2.26. The van der Waals surface area contributed by atoms with Gasteiger partial charge in [0.25, 0.3) is 0 Å². The number of allylic oxidation sites excluding steroid dienone is 5. The zero-order valence-electron chi connectivity index (χ0n) is 34.8. The van der Waals surface area contributed by atoms with Gasteiger partial charge in [-0.1, -0.05) is 189 Å². The van der Waals surface area contributed by atoms with Gasteiger partial charge in [0.2, 0.25) is 0 Å². The van der Waals surface area contributed by atoms with Gasteiger partial charge >= 0.3 is 0 Å². The van der Waals surface area contributed by atoms with Crippen molar-refractivity contribution >= 4 is 32.9 Å². The first-order valence-corrected chi connectivity index (χ1v) is 19.9. The number of para-hydroxylation sites is 2. The van der Waals surface area contributed by atoms with E-state index in [1.807, 2.05) is 82.3 Å². The normalized spacial score (nSPS) is 11.8. The molecule has 0 amide bonds. The summed E-state index contributed by atoms with van der Waals surface area (Å²) >= 11 is 0. The van der Waals surface area contributed by atoms with Gasteiger partial charge in [-0.3, -0.25) is 0 Å². The number of nitrogen functional groups attached to an aromatic ring is 1. The average Bonchev–Trinajstić information content (AvgIpc) is 3.26. The Bertz CT molecular complexity index is 2460. The largest absolute Gasteiger partial charge is 0.397 e. The second kappa shape index (κ2) is 22.1. The van der Waals surface area contributed by atoms with Gasteiger partial charge in [0.15, 0.2) is 0 Å². The van der Waals surface area contributed by atoms with Gasteiger partial charge in [-0.2, -0.15) is 0 Å². The fourth-order valence-electron chi connectivity index (χ4n) is 7.05. The number of hydrogen-bond donors (Lipinski definition) is 2. The van der Waals surface area contributed by atoms with Gasteiger partial charge in [-0.25, -0.2) is 0 Å². The maximum absolute atomic E-state index is 5.76. The van der Waals surface area contributed by atoms with E-state index in [4.69, 9.17) is 12.2 Å². The number of aryl methyl sites for hydroxylation is 2. The number of rotatable bonds is 8. The Morgan fingerprint density at radius 2 is 1.25 bits per heavy atom. The summed E-state index contributed by atoms with van der Waals surface area (Å²) in [6.07, 6.45) is 16.4. The van der Waals surface area contributed by atoms with Crippen LogP contribution in [0.2, 0.25) is 0 Å². The van der Waals surface area contributed by atoms with E-state index in [0.29, 0.717) is 0 Å². The van der Waals surface area contributed by atoms with Crippen molar-refractivity contribution in [2.75, 3.05) is 17.6 Å². The summed E-state index contributed by atoms with van der Waals surface area (Å²) in [5.74, 6) is 2.41. The zero-order chi connectivity index (χ0) is 41.0. The maximum Gasteiger partial charge on any atom is 0.0576 e. The Morgan fingerprint density at radius 1 is 0.632 bits per heavy atom. The molecule has 2 heteroatoms. The molecule has 1 unspecified atom stereocenters. The van der Waals surface area contributed by atoms with Crippen LogP contribution in [-0.4, -0.2) is 6.54 Å². The Labute approximate surface area is 342 Å². The molecule has 0 bridgehead atoms. The number of nitrogens with one attached hydrogen (secondary N) is 1. The molecule has 0 heterocycles. The molecular weight excluding hydrogens is 689 g/mol. The quantitative estimate of drug-likeness (QED) is 0.0406. The first-order valence-electron chi connectivity index (χ1n) is 19.9. The smallest absolute Gasteiger partial charge is 0.0576 e. The SMILES string of the molecule is C#C/C=C\C=C/CNc1ccccc1N.C/C=C\C.CC.Cc1ccc(-c2ccccc2C(C)(c2ccccc2)c2cc3ccccc3c3ccccc23)c(C)c1. The van der Waals surface area contributed by atoms with Crippen LogP contribution in [0.25, 0.3) is 32.7 Å². The molecule has 0 saturated carbocycles. The summed E-state index contributed by atoms with van der Waals surface area (Å²) in [6.45, 7) is 15.5. The van der Waals surface area contributed by atoms with Crippen molar-refractivity contribution in [3.05, 3.63) is 216 Å². The number of terminal acetylenes is 1. The highest BCUT2D eigenvalue weighted by Crippen LogP contribution is 2.47. The van der Waals surface area contributed by atoms with E-state index in [1.54, 1.807) is 6.08 Å². The minimum absolute atomic E-state index is 0.362. The lowest BCUT2D eigenvalue weighted by Gasteiger charge is -2.35. The molecule has 0 fully saturated rings. The Hall–Kier alpha value is -6.56. The van der Waals surface area contributed by atoms with E-state index in [1.165, 1.54) is 60.5 Å². The molecule has 1 atom stereocenters. The topological polar surface area (TPSA) is 38.0 Å². The van der Waals surface area contributed by atoms with Gasteiger partial charge < -0.3 is 11.1 Å². The van der Waals surface area contributed by atoms with Crippen LogP contribution in [0, 0.1) is 26.2 Å². The fourth-order valence-corrected chi connectivity index (χ4v) is 7.05. The molecule has 57 heavy (non-hydrogen) atoms. The van der Waals surface area contributed by atoms with Crippen molar-refractivity contribution in [3.63, 3.8) is 0 Å². The summed E-state index contributed by atoms with van der Waals surface area (Å²) in [5.41, 5.74) is 16.2. The molecule has 7 aromatic rings. The highest BCUT2D eigenvalue weighted by atomic mass is 14.9. The van der Waals surface area contributed by atoms with Crippen LogP contribution in [-0.2, 0) is 5.41 Å². The van der Waals surface area contributed by atoms with Crippen molar-refractivity contribution in [1.82, 2.24) is 0 Å². The third kappa shape index (κ3) is 10.8. The number of anilines is 2. The fraction of sp³-hybridized carbons (Fsp3) is 0.164. The highest BCUT2D eigenvalue weighted by molar-refractivity contribution is 6.09.